The van der Waals surface area contributed by atoms with Crippen LogP contribution in [0.25, 0.3) is 0 Å². The van der Waals surface area contributed by atoms with E-state index in [1.807, 2.05) is 0 Å². The maximum absolute atomic E-state index is 5.52. The van der Waals surface area contributed by atoms with Crippen LogP contribution in [0.5, 0.6) is 0 Å². The third-order valence-electron chi connectivity index (χ3n) is 3.61. The maximum Gasteiger partial charge on any atom is 0.233 e. The second-order valence-electron chi connectivity index (χ2n) is 4.60. The van der Waals surface area contributed by atoms with Crippen molar-refractivity contribution >= 4 is 22.6 Å². The molecule has 1 aromatic rings. The Morgan fingerprint density at radius 3 is 3.06 bits per heavy atom. The third-order valence-corrected chi connectivity index (χ3v) is 4.27. The SMILES string of the molecule is Nc1nsc(NC2CCN3CCCCC23)n1. The summed E-state index contributed by atoms with van der Waals surface area (Å²) in [5.41, 5.74) is 5.52. The van der Waals surface area contributed by atoms with Crippen LogP contribution in [0.15, 0.2) is 0 Å². The highest BCUT2D eigenvalue weighted by molar-refractivity contribution is 7.09. The van der Waals surface area contributed by atoms with Crippen LogP contribution in [0.4, 0.5) is 11.1 Å². The van der Waals surface area contributed by atoms with Gasteiger partial charge in [-0.25, -0.2) is 0 Å². The molecule has 0 radical (unpaired) electrons. The van der Waals surface area contributed by atoms with Crippen molar-refractivity contribution < 1.29 is 0 Å². The van der Waals surface area contributed by atoms with Crippen LogP contribution in [0, 0.1) is 0 Å². The number of fused-ring (bicyclic) bond motifs is 1. The monoisotopic (exact) mass is 239 g/mol. The van der Waals surface area contributed by atoms with Crippen molar-refractivity contribution in [3.8, 4) is 0 Å². The fraction of sp³-hybridized carbons (Fsp3) is 0.800. The summed E-state index contributed by atoms with van der Waals surface area (Å²) in [6.07, 6.45) is 5.24. The number of nitrogens with one attached hydrogen (secondary N) is 1. The summed E-state index contributed by atoms with van der Waals surface area (Å²) in [4.78, 5) is 6.77. The van der Waals surface area contributed by atoms with E-state index in [0.29, 0.717) is 18.0 Å². The van der Waals surface area contributed by atoms with E-state index >= 15 is 0 Å². The predicted octanol–water partition coefficient (Wildman–Crippen LogP) is 1.16. The van der Waals surface area contributed by atoms with Gasteiger partial charge in [-0.2, -0.15) is 9.36 Å². The average molecular weight is 239 g/mol. The molecule has 2 fully saturated rings. The van der Waals surface area contributed by atoms with Crippen LogP contribution in [0.3, 0.4) is 0 Å². The maximum atomic E-state index is 5.52. The molecule has 6 heteroatoms. The Hall–Kier alpha value is -0.880. The van der Waals surface area contributed by atoms with Gasteiger partial charge in [-0.15, -0.1) is 0 Å². The van der Waals surface area contributed by atoms with E-state index in [0.717, 1.165) is 5.13 Å². The van der Waals surface area contributed by atoms with Crippen molar-refractivity contribution in [2.45, 2.75) is 37.8 Å². The lowest BCUT2D eigenvalue weighted by Gasteiger charge is -2.32. The molecule has 0 bridgehead atoms. The van der Waals surface area contributed by atoms with Gasteiger partial charge >= 0.3 is 0 Å². The van der Waals surface area contributed by atoms with E-state index in [-0.39, 0.29) is 0 Å². The summed E-state index contributed by atoms with van der Waals surface area (Å²) in [7, 11) is 0. The van der Waals surface area contributed by atoms with Gasteiger partial charge in [-0.3, -0.25) is 4.90 Å². The number of nitrogens with zero attached hydrogens (tertiary/aromatic N) is 3. The highest BCUT2D eigenvalue weighted by Gasteiger charge is 2.35. The lowest BCUT2D eigenvalue weighted by atomic mass is 9.99. The van der Waals surface area contributed by atoms with Gasteiger partial charge in [0.05, 0.1) is 0 Å². The zero-order chi connectivity index (χ0) is 11.0. The highest BCUT2D eigenvalue weighted by atomic mass is 32.1. The number of nitrogens with two attached hydrogens (primary N) is 1. The van der Waals surface area contributed by atoms with Gasteiger partial charge < -0.3 is 11.1 Å². The number of anilines is 2. The molecule has 2 atom stereocenters. The van der Waals surface area contributed by atoms with Crippen molar-refractivity contribution in [3.05, 3.63) is 0 Å². The Labute approximate surface area is 99.2 Å². The molecule has 0 spiro atoms. The molecule has 0 amide bonds. The first-order valence-electron chi connectivity index (χ1n) is 5.93. The number of rotatable bonds is 2. The Morgan fingerprint density at radius 2 is 2.25 bits per heavy atom. The van der Waals surface area contributed by atoms with Crippen LogP contribution < -0.4 is 11.1 Å². The summed E-state index contributed by atoms with van der Waals surface area (Å²) in [5, 5.41) is 4.35. The zero-order valence-electron chi connectivity index (χ0n) is 9.22. The molecule has 2 unspecified atom stereocenters. The highest BCUT2D eigenvalue weighted by Crippen LogP contribution is 2.29. The van der Waals surface area contributed by atoms with Crippen molar-refractivity contribution in [1.82, 2.24) is 14.3 Å². The Kier molecular flexibility index (Phi) is 2.69. The minimum absolute atomic E-state index is 0.381. The van der Waals surface area contributed by atoms with Gasteiger partial charge in [0.2, 0.25) is 11.1 Å². The summed E-state index contributed by atoms with van der Waals surface area (Å²) in [5.74, 6) is 0.381. The molecule has 0 aromatic carbocycles. The van der Waals surface area contributed by atoms with Crippen molar-refractivity contribution in [3.63, 3.8) is 0 Å². The number of nitrogen functional groups attached to an aromatic ring is 1. The van der Waals surface area contributed by atoms with Gasteiger partial charge in [0.15, 0.2) is 0 Å². The van der Waals surface area contributed by atoms with E-state index in [1.165, 1.54) is 50.3 Å². The summed E-state index contributed by atoms with van der Waals surface area (Å²) in [6, 6.07) is 1.23. The minimum Gasteiger partial charge on any atom is -0.367 e. The van der Waals surface area contributed by atoms with Gasteiger partial charge in [0.25, 0.3) is 0 Å². The zero-order valence-corrected chi connectivity index (χ0v) is 10.0. The summed E-state index contributed by atoms with van der Waals surface area (Å²) in [6.45, 7) is 2.48. The van der Waals surface area contributed by atoms with Crippen molar-refractivity contribution in [1.29, 1.82) is 0 Å². The van der Waals surface area contributed by atoms with Gasteiger partial charge in [0.1, 0.15) is 0 Å². The normalized spacial score (nSPS) is 30.2. The van der Waals surface area contributed by atoms with E-state index < -0.39 is 0 Å². The third kappa shape index (κ3) is 1.87. The van der Waals surface area contributed by atoms with Gasteiger partial charge in [0, 0.05) is 30.2 Å². The second-order valence-corrected chi connectivity index (χ2v) is 5.35. The lowest BCUT2D eigenvalue weighted by molar-refractivity contribution is 0.193. The molecule has 16 heavy (non-hydrogen) atoms. The molecule has 0 saturated carbocycles. The average Bonchev–Trinajstić information content (AvgIpc) is 2.87. The molecule has 2 saturated heterocycles. The van der Waals surface area contributed by atoms with Crippen LogP contribution in [0.1, 0.15) is 25.7 Å². The molecule has 2 aliphatic heterocycles. The minimum atomic E-state index is 0.381. The topological polar surface area (TPSA) is 67.1 Å². The second kappa shape index (κ2) is 4.18. The van der Waals surface area contributed by atoms with Gasteiger partial charge in [-0.05, 0) is 25.8 Å². The van der Waals surface area contributed by atoms with Crippen molar-refractivity contribution in [2.24, 2.45) is 0 Å². The number of hydrogen-bond donors (Lipinski definition) is 2. The smallest absolute Gasteiger partial charge is 0.233 e. The first kappa shape index (κ1) is 10.3. The standard InChI is InChI=1S/C10H17N5S/c11-9-13-10(16-14-9)12-7-4-6-15-5-2-1-3-8(7)15/h7-8H,1-6H2,(H3,11,12,13,14). The number of aromatic nitrogens is 2. The van der Waals surface area contributed by atoms with E-state index in [9.17, 15) is 0 Å². The van der Waals surface area contributed by atoms with E-state index in [2.05, 4.69) is 19.6 Å². The first-order chi connectivity index (χ1) is 7.83. The fourth-order valence-corrected chi connectivity index (χ4v) is 3.43. The van der Waals surface area contributed by atoms with Crippen molar-refractivity contribution in [2.75, 3.05) is 24.1 Å². The molecule has 3 rings (SSSR count). The first-order valence-corrected chi connectivity index (χ1v) is 6.70. The lowest BCUT2D eigenvalue weighted by Crippen LogP contribution is -2.41. The molecule has 88 valence electrons. The molecule has 3 N–H and O–H groups in total. The summed E-state index contributed by atoms with van der Waals surface area (Å²) < 4.78 is 3.99. The number of hydrogen-bond acceptors (Lipinski definition) is 6. The van der Waals surface area contributed by atoms with Crippen LogP contribution in [0.2, 0.25) is 0 Å². The largest absolute Gasteiger partial charge is 0.367 e. The van der Waals surface area contributed by atoms with E-state index in [1.54, 1.807) is 0 Å². The molecular formula is C10H17N5S. The fourth-order valence-electron chi connectivity index (χ4n) is 2.87. The van der Waals surface area contributed by atoms with E-state index in [4.69, 9.17) is 5.73 Å². The molecule has 2 aliphatic rings. The molecule has 0 aliphatic carbocycles. The Balaban J connectivity index is 1.67. The van der Waals surface area contributed by atoms with Gasteiger partial charge in [-0.1, -0.05) is 6.42 Å². The Morgan fingerprint density at radius 1 is 1.31 bits per heavy atom. The molecule has 5 nitrogen and oxygen atoms in total. The number of piperidine rings is 1. The molecular weight excluding hydrogens is 222 g/mol. The molecule has 3 heterocycles. The van der Waals surface area contributed by atoms with Crippen LogP contribution in [-0.2, 0) is 0 Å². The van der Waals surface area contributed by atoms with Crippen LogP contribution in [-0.4, -0.2) is 39.4 Å². The van der Waals surface area contributed by atoms with Crippen LogP contribution >= 0.6 is 11.5 Å². The molecule has 1 aromatic heterocycles. The predicted molar refractivity (Wildman–Crippen MR) is 65.6 cm³/mol. The quantitative estimate of drug-likeness (QED) is 0.810. The Bertz CT molecular complexity index is 366. The summed E-state index contributed by atoms with van der Waals surface area (Å²) >= 11 is 1.36.